The standard InChI is InChI=1S/C14H23NO/c1-3-4-5-6-9-16-14-8-7-13(11-15)12(2)10-14/h7-8,10H,3-6,9,11,15H2,1-2H3. The molecule has 1 aromatic rings. The minimum atomic E-state index is 0.600. The van der Waals surface area contributed by atoms with E-state index in [0.29, 0.717) is 6.54 Å². The summed E-state index contributed by atoms with van der Waals surface area (Å²) in [5.74, 6) is 0.964. The summed E-state index contributed by atoms with van der Waals surface area (Å²) in [6.45, 7) is 5.71. The summed E-state index contributed by atoms with van der Waals surface area (Å²) in [5.41, 5.74) is 8.02. The van der Waals surface area contributed by atoms with Crippen LogP contribution in [-0.4, -0.2) is 6.61 Å². The smallest absolute Gasteiger partial charge is 0.119 e. The molecule has 1 aromatic carbocycles. The van der Waals surface area contributed by atoms with Crippen LogP contribution in [0.5, 0.6) is 5.75 Å². The molecule has 0 atom stereocenters. The first-order valence-corrected chi connectivity index (χ1v) is 6.20. The van der Waals surface area contributed by atoms with Crippen LogP contribution in [0, 0.1) is 6.92 Å². The predicted octanol–water partition coefficient (Wildman–Crippen LogP) is 3.41. The van der Waals surface area contributed by atoms with Gasteiger partial charge in [-0.25, -0.2) is 0 Å². The van der Waals surface area contributed by atoms with Gasteiger partial charge in [-0.1, -0.05) is 32.3 Å². The van der Waals surface area contributed by atoms with Crippen LogP contribution in [0.15, 0.2) is 18.2 Å². The highest BCUT2D eigenvalue weighted by molar-refractivity contribution is 5.34. The summed E-state index contributed by atoms with van der Waals surface area (Å²) in [5, 5.41) is 0. The van der Waals surface area contributed by atoms with Crippen LogP contribution >= 0.6 is 0 Å². The Kier molecular flexibility index (Phi) is 5.94. The third-order valence-electron chi connectivity index (χ3n) is 2.80. The van der Waals surface area contributed by atoms with Crippen molar-refractivity contribution in [3.05, 3.63) is 29.3 Å². The van der Waals surface area contributed by atoms with Crippen LogP contribution < -0.4 is 10.5 Å². The largest absolute Gasteiger partial charge is 0.494 e. The van der Waals surface area contributed by atoms with Gasteiger partial charge in [0.15, 0.2) is 0 Å². The molecule has 0 aromatic heterocycles. The number of hydrogen-bond donors (Lipinski definition) is 1. The van der Waals surface area contributed by atoms with Crippen molar-refractivity contribution in [1.82, 2.24) is 0 Å². The summed E-state index contributed by atoms with van der Waals surface area (Å²) >= 11 is 0. The Morgan fingerprint density at radius 3 is 2.62 bits per heavy atom. The summed E-state index contributed by atoms with van der Waals surface area (Å²) in [7, 11) is 0. The molecule has 0 spiro atoms. The van der Waals surface area contributed by atoms with Gasteiger partial charge in [-0.15, -0.1) is 0 Å². The maximum atomic E-state index is 5.69. The van der Waals surface area contributed by atoms with E-state index < -0.39 is 0 Å². The molecule has 0 radical (unpaired) electrons. The molecule has 0 aliphatic heterocycles. The Hall–Kier alpha value is -1.02. The summed E-state index contributed by atoms with van der Waals surface area (Å²) in [4.78, 5) is 0. The number of benzene rings is 1. The molecule has 1 rings (SSSR count). The third kappa shape index (κ3) is 4.23. The minimum absolute atomic E-state index is 0.600. The fourth-order valence-electron chi connectivity index (χ4n) is 1.71. The molecule has 0 aliphatic carbocycles. The molecule has 16 heavy (non-hydrogen) atoms. The summed E-state index contributed by atoms with van der Waals surface area (Å²) < 4.78 is 5.69. The molecule has 0 fully saturated rings. The second-order valence-electron chi connectivity index (χ2n) is 4.20. The Balaban J connectivity index is 2.34. The molecular formula is C14H23NO. The number of ether oxygens (including phenoxy) is 1. The van der Waals surface area contributed by atoms with Crippen LogP contribution in [0.2, 0.25) is 0 Å². The van der Waals surface area contributed by atoms with Crippen molar-refractivity contribution in [3.63, 3.8) is 0 Å². The Bertz CT molecular complexity index is 310. The van der Waals surface area contributed by atoms with Gasteiger partial charge in [0.25, 0.3) is 0 Å². The normalized spacial score (nSPS) is 10.4. The first-order valence-electron chi connectivity index (χ1n) is 6.20. The third-order valence-corrected chi connectivity index (χ3v) is 2.80. The molecule has 2 heteroatoms. The van der Waals surface area contributed by atoms with E-state index in [1.54, 1.807) is 0 Å². The fourth-order valence-corrected chi connectivity index (χ4v) is 1.71. The van der Waals surface area contributed by atoms with E-state index >= 15 is 0 Å². The van der Waals surface area contributed by atoms with Gasteiger partial charge in [0, 0.05) is 6.54 Å². The topological polar surface area (TPSA) is 35.2 Å². The fraction of sp³-hybridized carbons (Fsp3) is 0.571. The first-order chi connectivity index (χ1) is 7.77. The second kappa shape index (κ2) is 7.29. The molecule has 0 unspecified atom stereocenters. The minimum Gasteiger partial charge on any atom is -0.494 e. The van der Waals surface area contributed by atoms with Gasteiger partial charge in [0.05, 0.1) is 6.61 Å². The number of aryl methyl sites for hydroxylation is 1. The monoisotopic (exact) mass is 221 g/mol. The number of unbranched alkanes of at least 4 members (excludes halogenated alkanes) is 3. The van der Waals surface area contributed by atoms with Crippen molar-refractivity contribution in [2.24, 2.45) is 5.73 Å². The number of nitrogens with two attached hydrogens (primary N) is 1. The first kappa shape index (κ1) is 13.0. The van der Waals surface area contributed by atoms with Crippen molar-refractivity contribution < 1.29 is 4.74 Å². The quantitative estimate of drug-likeness (QED) is 0.716. The summed E-state index contributed by atoms with van der Waals surface area (Å²) in [6, 6.07) is 6.13. The Morgan fingerprint density at radius 1 is 1.19 bits per heavy atom. The highest BCUT2D eigenvalue weighted by Gasteiger charge is 1.99. The SMILES string of the molecule is CCCCCCOc1ccc(CN)c(C)c1. The average Bonchev–Trinajstić information content (AvgIpc) is 2.29. The van der Waals surface area contributed by atoms with Gasteiger partial charge >= 0.3 is 0 Å². The van der Waals surface area contributed by atoms with E-state index in [1.165, 1.54) is 30.4 Å². The number of hydrogen-bond acceptors (Lipinski definition) is 2. The molecule has 2 N–H and O–H groups in total. The average molecular weight is 221 g/mol. The molecule has 0 saturated carbocycles. The molecule has 2 nitrogen and oxygen atoms in total. The van der Waals surface area contributed by atoms with Crippen LogP contribution in [0.3, 0.4) is 0 Å². The second-order valence-corrected chi connectivity index (χ2v) is 4.20. The van der Waals surface area contributed by atoms with Crippen LogP contribution in [0.25, 0.3) is 0 Å². The van der Waals surface area contributed by atoms with Crippen molar-refractivity contribution in [2.45, 2.75) is 46.1 Å². The van der Waals surface area contributed by atoms with E-state index in [9.17, 15) is 0 Å². The Morgan fingerprint density at radius 2 is 2.00 bits per heavy atom. The lowest BCUT2D eigenvalue weighted by molar-refractivity contribution is 0.305. The van der Waals surface area contributed by atoms with Crippen molar-refractivity contribution in [1.29, 1.82) is 0 Å². The van der Waals surface area contributed by atoms with Gasteiger partial charge in [0.2, 0.25) is 0 Å². The zero-order valence-corrected chi connectivity index (χ0v) is 10.5. The lowest BCUT2D eigenvalue weighted by Gasteiger charge is -2.09. The maximum absolute atomic E-state index is 5.69. The molecule has 90 valence electrons. The molecule has 0 saturated heterocycles. The molecule has 0 amide bonds. The molecule has 0 bridgehead atoms. The van der Waals surface area contributed by atoms with Gasteiger partial charge in [-0.05, 0) is 36.6 Å². The van der Waals surface area contributed by atoms with E-state index in [1.807, 2.05) is 6.07 Å². The predicted molar refractivity (Wildman–Crippen MR) is 68.7 cm³/mol. The zero-order chi connectivity index (χ0) is 11.8. The Labute approximate surface area is 98.8 Å². The highest BCUT2D eigenvalue weighted by atomic mass is 16.5. The maximum Gasteiger partial charge on any atom is 0.119 e. The van der Waals surface area contributed by atoms with Gasteiger partial charge < -0.3 is 10.5 Å². The van der Waals surface area contributed by atoms with Gasteiger partial charge in [0.1, 0.15) is 5.75 Å². The van der Waals surface area contributed by atoms with Crippen LogP contribution in [-0.2, 0) is 6.54 Å². The van der Waals surface area contributed by atoms with E-state index in [0.717, 1.165) is 18.8 Å². The molecule has 0 heterocycles. The zero-order valence-electron chi connectivity index (χ0n) is 10.5. The van der Waals surface area contributed by atoms with Crippen LogP contribution in [0.1, 0.15) is 43.7 Å². The number of rotatable bonds is 7. The van der Waals surface area contributed by atoms with Gasteiger partial charge in [-0.2, -0.15) is 0 Å². The van der Waals surface area contributed by atoms with E-state index in [4.69, 9.17) is 10.5 Å². The van der Waals surface area contributed by atoms with Crippen molar-refractivity contribution in [2.75, 3.05) is 6.61 Å². The lowest BCUT2D eigenvalue weighted by Crippen LogP contribution is -2.01. The highest BCUT2D eigenvalue weighted by Crippen LogP contribution is 2.17. The molecular weight excluding hydrogens is 198 g/mol. The van der Waals surface area contributed by atoms with Gasteiger partial charge in [-0.3, -0.25) is 0 Å². The van der Waals surface area contributed by atoms with Crippen molar-refractivity contribution in [3.8, 4) is 5.75 Å². The van der Waals surface area contributed by atoms with Crippen LogP contribution in [0.4, 0.5) is 0 Å². The lowest BCUT2D eigenvalue weighted by atomic mass is 10.1. The van der Waals surface area contributed by atoms with E-state index in [-0.39, 0.29) is 0 Å². The summed E-state index contributed by atoms with van der Waals surface area (Å²) in [6.07, 6.45) is 4.97. The van der Waals surface area contributed by atoms with Crippen molar-refractivity contribution >= 4 is 0 Å². The molecule has 0 aliphatic rings. The van der Waals surface area contributed by atoms with E-state index in [2.05, 4.69) is 26.0 Å².